The Morgan fingerprint density at radius 1 is 1.28 bits per heavy atom. The van der Waals surface area contributed by atoms with Crippen LogP contribution in [0.1, 0.15) is 11.4 Å². The molecule has 0 bridgehead atoms. The van der Waals surface area contributed by atoms with Crippen LogP contribution in [0.15, 0.2) is 18.2 Å². The Kier molecular flexibility index (Phi) is 6.91. The van der Waals surface area contributed by atoms with E-state index in [0.717, 1.165) is 5.69 Å². The number of carbonyl (C=O) groups excluding carboxylic acids is 1. The smallest absolute Gasteiger partial charge is 0.244 e. The van der Waals surface area contributed by atoms with Crippen molar-refractivity contribution in [3.63, 3.8) is 0 Å². The first-order valence-electron chi connectivity index (χ1n) is 9.13. The number of aliphatic hydroxyl groups excluding tert-OH is 1. The molecule has 1 saturated heterocycles. The fourth-order valence-corrected chi connectivity index (χ4v) is 3.55. The summed E-state index contributed by atoms with van der Waals surface area (Å²) in [6.45, 7) is 4.25. The van der Waals surface area contributed by atoms with Crippen LogP contribution < -0.4 is 9.64 Å². The summed E-state index contributed by atoms with van der Waals surface area (Å²) < 4.78 is 6.84. The van der Waals surface area contributed by atoms with Gasteiger partial charge in [-0.15, -0.1) is 0 Å². The number of hydrogen-bond donors (Lipinski definition) is 1. The zero-order valence-electron chi connectivity index (χ0n) is 16.3. The molecule has 0 radical (unpaired) electrons. The van der Waals surface area contributed by atoms with Crippen LogP contribution >= 0.6 is 23.2 Å². The number of amides is 1. The van der Waals surface area contributed by atoms with Crippen molar-refractivity contribution in [1.82, 2.24) is 14.7 Å². The van der Waals surface area contributed by atoms with Crippen LogP contribution in [0.3, 0.4) is 0 Å². The molecule has 1 N–H and O–H groups in total. The van der Waals surface area contributed by atoms with E-state index in [-0.39, 0.29) is 19.1 Å². The third-order valence-electron chi connectivity index (χ3n) is 4.84. The third-order valence-corrected chi connectivity index (χ3v) is 5.60. The fraction of sp³-hybridized carbons (Fsp3) is 0.400. The van der Waals surface area contributed by atoms with Crippen LogP contribution in [0.2, 0.25) is 10.0 Å². The zero-order valence-corrected chi connectivity index (χ0v) is 17.8. The molecule has 1 aliphatic rings. The summed E-state index contributed by atoms with van der Waals surface area (Å²) in [5.41, 5.74) is 2.06. The Morgan fingerprint density at radius 2 is 2.00 bits per heavy atom. The van der Waals surface area contributed by atoms with Crippen LogP contribution in [0, 0.1) is 18.8 Å². The minimum atomic E-state index is -0.273. The van der Waals surface area contributed by atoms with Gasteiger partial charge < -0.3 is 19.6 Å². The molecule has 1 fully saturated rings. The second kappa shape index (κ2) is 9.40. The Hall–Kier alpha value is -2.40. The van der Waals surface area contributed by atoms with Crippen molar-refractivity contribution >= 4 is 34.8 Å². The minimum Gasteiger partial charge on any atom is -0.495 e. The monoisotopic (exact) mass is 436 g/mol. The first kappa shape index (κ1) is 21.3. The lowest BCUT2D eigenvalue weighted by atomic mass is 10.2. The number of halogens is 2. The van der Waals surface area contributed by atoms with E-state index < -0.39 is 0 Å². The summed E-state index contributed by atoms with van der Waals surface area (Å²) in [7, 11) is 1.59. The van der Waals surface area contributed by atoms with Gasteiger partial charge in [0.05, 0.1) is 22.8 Å². The molecule has 3 rings (SSSR count). The molecule has 29 heavy (non-hydrogen) atoms. The van der Waals surface area contributed by atoms with E-state index in [1.807, 2.05) is 23.1 Å². The maximum atomic E-state index is 12.7. The van der Waals surface area contributed by atoms with Gasteiger partial charge in [-0.2, -0.15) is 5.10 Å². The quantitative estimate of drug-likeness (QED) is 0.743. The normalized spacial score (nSPS) is 13.8. The molecule has 0 unspecified atom stereocenters. The lowest BCUT2D eigenvalue weighted by Gasteiger charge is -2.36. The largest absolute Gasteiger partial charge is 0.495 e. The van der Waals surface area contributed by atoms with E-state index in [1.165, 1.54) is 0 Å². The maximum absolute atomic E-state index is 12.7. The molecule has 154 valence electrons. The van der Waals surface area contributed by atoms with E-state index in [9.17, 15) is 4.79 Å². The van der Waals surface area contributed by atoms with Gasteiger partial charge in [0, 0.05) is 37.9 Å². The highest BCUT2D eigenvalue weighted by molar-refractivity contribution is 6.32. The Bertz CT molecular complexity index is 957. The SMILES string of the molecule is COc1cc(N2CCN(C(=O)Cn3nc(C#CCO)c(Cl)c3C)CC2)ccc1Cl. The minimum absolute atomic E-state index is 0.0257. The molecule has 1 aliphatic heterocycles. The van der Waals surface area contributed by atoms with E-state index in [0.29, 0.717) is 53.4 Å². The van der Waals surface area contributed by atoms with Crippen LogP contribution in [0.5, 0.6) is 5.75 Å². The van der Waals surface area contributed by atoms with Gasteiger partial charge in [-0.3, -0.25) is 9.48 Å². The molecule has 1 aromatic heterocycles. The van der Waals surface area contributed by atoms with Crippen molar-refractivity contribution in [2.24, 2.45) is 0 Å². The molecule has 0 spiro atoms. The number of ether oxygens (including phenoxy) is 1. The van der Waals surface area contributed by atoms with E-state index >= 15 is 0 Å². The van der Waals surface area contributed by atoms with Gasteiger partial charge in [-0.1, -0.05) is 29.1 Å². The van der Waals surface area contributed by atoms with E-state index in [2.05, 4.69) is 21.8 Å². The molecule has 1 amide bonds. The number of nitrogens with zero attached hydrogens (tertiary/aromatic N) is 4. The van der Waals surface area contributed by atoms with Crippen molar-refractivity contribution in [2.45, 2.75) is 13.5 Å². The van der Waals surface area contributed by atoms with Gasteiger partial charge >= 0.3 is 0 Å². The van der Waals surface area contributed by atoms with Crippen molar-refractivity contribution in [2.75, 3.05) is 44.8 Å². The summed E-state index contributed by atoms with van der Waals surface area (Å²) in [6.07, 6.45) is 0. The Balaban J connectivity index is 1.62. The summed E-state index contributed by atoms with van der Waals surface area (Å²) in [4.78, 5) is 16.7. The number of hydrogen-bond acceptors (Lipinski definition) is 5. The van der Waals surface area contributed by atoms with Crippen LogP contribution in [0.4, 0.5) is 5.69 Å². The summed E-state index contributed by atoms with van der Waals surface area (Å²) in [5.74, 6) is 5.83. The number of rotatable bonds is 4. The second-order valence-corrected chi connectivity index (χ2v) is 7.34. The van der Waals surface area contributed by atoms with E-state index in [4.69, 9.17) is 33.0 Å². The predicted molar refractivity (Wildman–Crippen MR) is 113 cm³/mol. The molecular formula is C20H22Cl2N4O3. The van der Waals surface area contributed by atoms with Gasteiger partial charge in [0.2, 0.25) is 5.91 Å². The standard InChI is InChI=1S/C20H22Cl2N4O3/c1-14-20(22)17(4-3-11-27)23-26(14)13-19(28)25-9-7-24(8-10-25)15-5-6-16(21)18(12-15)29-2/h5-6,12,27H,7-11,13H2,1-2H3. The van der Waals surface area contributed by atoms with Crippen LogP contribution in [0.25, 0.3) is 0 Å². The van der Waals surface area contributed by atoms with Crippen molar-refractivity contribution in [3.05, 3.63) is 39.6 Å². The van der Waals surface area contributed by atoms with E-state index in [1.54, 1.807) is 18.7 Å². The highest BCUT2D eigenvalue weighted by atomic mass is 35.5. The number of anilines is 1. The molecule has 0 atom stereocenters. The highest BCUT2D eigenvalue weighted by Crippen LogP contribution is 2.29. The molecule has 2 heterocycles. The lowest BCUT2D eigenvalue weighted by molar-refractivity contribution is -0.132. The van der Waals surface area contributed by atoms with Crippen LogP contribution in [-0.4, -0.2) is 65.6 Å². The third kappa shape index (κ3) is 4.78. The number of piperazine rings is 1. The molecule has 7 nitrogen and oxygen atoms in total. The van der Waals surface area contributed by atoms with Gasteiger partial charge in [0.15, 0.2) is 5.69 Å². The first-order chi connectivity index (χ1) is 13.9. The molecule has 2 aromatic rings. The van der Waals surface area contributed by atoms with Gasteiger partial charge in [-0.25, -0.2) is 0 Å². The highest BCUT2D eigenvalue weighted by Gasteiger charge is 2.23. The van der Waals surface area contributed by atoms with Crippen LogP contribution in [-0.2, 0) is 11.3 Å². The summed E-state index contributed by atoms with van der Waals surface area (Å²) >= 11 is 12.3. The molecule has 9 heteroatoms. The first-order valence-corrected chi connectivity index (χ1v) is 9.89. The summed E-state index contributed by atoms with van der Waals surface area (Å²) in [5, 5.41) is 14.1. The zero-order chi connectivity index (χ0) is 21.0. The maximum Gasteiger partial charge on any atom is 0.244 e. The molecule has 1 aromatic carbocycles. The average Bonchev–Trinajstić information content (AvgIpc) is 3.00. The molecule has 0 aliphatic carbocycles. The Labute approximate surface area is 179 Å². The van der Waals surface area contributed by atoms with Crippen molar-refractivity contribution in [3.8, 4) is 17.6 Å². The molecular weight excluding hydrogens is 415 g/mol. The van der Waals surface area contributed by atoms with Gasteiger partial charge in [0.1, 0.15) is 18.9 Å². The number of carbonyl (C=O) groups is 1. The lowest BCUT2D eigenvalue weighted by Crippen LogP contribution is -2.49. The van der Waals surface area contributed by atoms with Gasteiger partial charge in [0.25, 0.3) is 0 Å². The average molecular weight is 437 g/mol. The van der Waals surface area contributed by atoms with Crippen molar-refractivity contribution < 1.29 is 14.6 Å². The predicted octanol–water partition coefficient (Wildman–Crippen LogP) is 2.20. The fourth-order valence-electron chi connectivity index (χ4n) is 3.17. The second-order valence-electron chi connectivity index (χ2n) is 6.55. The Morgan fingerprint density at radius 3 is 2.66 bits per heavy atom. The summed E-state index contributed by atoms with van der Waals surface area (Å²) in [6, 6.07) is 5.67. The number of methoxy groups -OCH3 is 1. The topological polar surface area (TPSA) is 70.8 Å². The number of benzene rings is 1. The van der Waals surface area contributed by atoms with Crippen molar-refractivity contribution in [1.29, 1.82) is 0 Å². The number of aromatic nitrogens is 2. The van der Waals surface area contributed by atoms with Gasteiger partial charge in [-0.05, 0) is 25.0 Å². The number of aliphatic hydroxyl groups is 1. The molecule has 0 saturated carbocycles.